The molecule has 5 heteroatoms. The van der Waals surface area contributed by atoms with Gasteiger partial charge in [-0.25, -0.2) is 0 Å². The second-order valence-electron chi connectivity index (χ2n) is 6.41. The number of carboxylic acids is 1. The normalized spacial score (nSPS) is 18.9. The zero-order valence-electron chi connectivity index (χ0n) is 14.2. The van der Waals surface area contributed by atoms with E-state index in [1.165, 1.54) is 0 Å². The number of nitrogens with zero attached hydrogens (tertiary/aromatic N) is 1. The van der Waals surface area contributed by atoms with E-state index in [2.05, 4.69) is 22.6 Å². The van der Waals surface area contributed by atoms with Crippen LogP contribution in [0.1, 0.15) is 33.4 Å². The van der Waals surface area contributed by atoms with Crippen molar-refractivity contribution in [3.05, 3.63) is 99.1 Å². The predicted octanol–water partition coefficient (Wildman–Crippen LogP) is 4.86. The molecule has 0 aromatic heterocycles. The van der Waals surface area contributed by atoms with Crippen molar-refractivity contribution in [1.82, 2.24) is 0 Å². The van der Waals surface area contributed by atoms with E-state index >= 15 is 0 Å². The number of amides is 1. The lowest BCUT2D eigenvalue weighted by atomic mass is 9.79. The van der Waals surface area contributed by atoms with Crippen molar-refractivity contribution in [3.8, 4) is 0 Å². The Morgan fingerprint density at radius 3 is 2.19 bits per heavy atom. The smallest absolute Gasteiger partial charge is 0.313 e. The molecule has 0 saturated heterocycles. The number of fused-ring (bicyclic) bond motifs is 1. The molecule has 0 bridgehead atoms. The highest BCUT2D eigenvalue weighted by Crippen LogP contribution is 2.45. The second kappa shape index (κ2) is 7.15. The Kier molecular flexibility index (Phi) is 4.70. The van der Waals surface area contributed by atoms with Gasteiger partial charge in [-0.3, -0.25) is 14.5 Å². The maximum absolute atomic E-state index is 13.4. The first-order valence-electron chi connectivity index (χ1n) is 8.54. The third-order valence-corrected chi connectivity index (χ3v) is 5.57. The van der Waals surface area contributed by atoms with Crippen LogP contribution in [0.3, 0.4) is 0 Å². The highest BCUT2D eigenvalue weighted by molar-refractivity contribution is 14.1. The summed E-state index contributed by atoms with van der Waals surface area (Å²) in [4.78, 5) is 27.3. The summed E-state index contributed by atoms with van der Waals surface area (Å²) in [6, 6.07) is 23.3. The van der Waals surface area contributed by atoms with E-state index in [4.69, 9.17) is 0 Å². The summed E-state index contributed by atoms with van der Waals surface area (Å²) >= 11 is 2.21. The van der Waals surface area contributed by atoms with Crippen LogP contribution in [0.4, 0.5) is 5.69 Å². The zero-order valence-corrected chi connectivity index (χ0v) is 16.4. The van der Waals surface area contributed by atoms with Crippen molar-refractivity contribution in [3.63, 3.8) is 0 Å². The van der Waals surface area contributed by atoms with Crippen LogP contribution in [-0.2, 0) is 4.79 Å². The van der Waals surface area contributed by atoms with Gasteiger partial charge in [0, 0.05) is 14.8 Å². The molecule has 0 radical (unpaired) electrons. The molecule has 3 aromatic rings. The van der Waals surface area contributed by atoms with Gasteiger partial charge in [0.1, 0.15) is 5.92 Å². The summed E-state index contributed by atoms with van der Waals surface area (Å²) in [5, 5.41) is 10.1. The molecule has 4 nitrogen and oxygen atoms in total. The van der Waals surface area contributed by atoms with Crippen LogP contribution >= 0.6 is 22.6 Å². The number of aliphatic carboxylic acids is 1. The molecule has 2 atom stereocenters. The van der Waals surface area contributed by atoms with Gasteiger partial charge < -0.3 is 5.11 Å². The summed E-state index contributed by atoms with van der Waals surface area (Å²) in [6.07, 6.45) is 0. The van der Waals surface area contributed by atoms with E-state index in [0.717, 1.165) is 9.13 Å². The van der Waals surface area contributed by atoms with Gasteiger partial charge in [0.15, 0.2) is 0 Å². The van der Waals surface area contributed by atoms with Crippen LogP contribution in [0, 0.1) is 3.57 Å². The molecule has 1 aliphatic heterocycles. The molecule has 4 rings (SSSR count). The maximum Gasteiger partial charge on any atom is 0.313 e. The lowest BCUT2D eigenvalue weighted by molar-refractivity contribution is -0.139. The van der Waals surface area contributed by atoms with Crippen LogP contribution in [0.2, 0.25) is 0 Å². The van der Waals surface area contributed by atoms with Gasteiger partial charge in [-0.1, -0.05) is 48.5 Å². The molecule has 1 heterocycles. The van der Waals surface area contributed by atoms with Crippen molar-refractivity contribution >= 4 is 40.2 Å². The number of carbonyl (C=O) groups is 2. The highest BCUT2D eigenvalue weighted by atomic mass is 127. The van der Waals surface area contributed by atoms with Crippen LogP contribution < -0.4 is 4.90 Å². The predicted molar refractivity (Wildman–Crippen MR) is 112 cm³/mol. The molecule has 1 N–H and O–H groups in total. The quantitative estimate of drug-likeness (QED) is 0.558. The van der Waals surface area contributed by atoms with Gasteiger partial charge in [-0.05, 0) is 64.0 Å². The molecule has 0 unspecified atom stereocenters. The van der Waals surface area contributed by atoms with Gasteiger partial charge in [0.05, 0.1) is 6.04 Å². The lowest BCUT2D eigenvalue weighted by Crippen LogP contribution is -2.45. The number of anilines is 1. The number of hydrogen-bond acceptors (Lipinski definition) is 2. The third kappa shape index (κ3) is 3.12. The Labute approximate surface area is 170 Å². The maximum atomic E-state index is 13.4. The standard InChI is InChI=1S/C22H16INO3/c23-15-12-10-14(11-13-15)20-19(22(26)27)17-8-4-5-9-18(17)21(25)24(20)16-6-2-1-3-7-16/h1-13,19-20H,(H,26,27)/t19-,20+/m1/s1. The van der Waals surface area contributed by atoms with E-state index in [0.29, 0.717) is 16.8 Å². The molecule has 1 aliphatic rings. The Morgan fingerprint density at radius 1 is 0.889 bits per heavy atom. The van der Waals surface area contributed by atoms with Crippen LogP contribution in [0.15, 0.2) is 78.9 Å². The second-order valence-corrected chi connectivity index (χ2v) is 7.66. The number of halogens is 1. The lowest BCUT2D eigenvalue weighted by Gasteiger charge is -2.40. The molecule has 0 aliphatic carbocycles. The molecule has 0 spiro atoms. The van der Waals surface area contributed by atoms with E-state index in [-0.39, 0.29) is 5.91 Å². The van der Waals surface area contributed by atoms with Crippen molar-refractivity contribution < 1.29 is 14.7 Å². The fraction of sp³-hybridized carbons (Fsp3) is 0.0909. The monoisotopic (exact) mass is 469 g/mol. The fourth-order valence-electron chi connectivity index (χ4n) is 3.67. The molecular weight excluding hydrogens is 453 g/mol. The van der Waals surface area contributed by atoms with Crippen LogP contribution in [0.5, 0.6) is 0 Å². The average molecular weight is 469 g/mol. The van der Waals surface area contributed by atoms with Gasteiger partial charge in [0.25, 0.3) is 5.91 Å². The topological polar surface area (TPSA) is 57.6 Å². The van der Waals surface area contributed by atoms with Crippen LogP contribution in [0.25, 0.3) is 0 Å². The SMILES string of the molecule is O=C(O)[C@@H]1c2ccccc2C(=O)N(c2ccccc2)[C@H]1c1ccc(I)cc1. The Balaban J connectivity index is 1.98. The summed E-state index contributed by atoms with van der Waals surface area (Å²) in [5.41, 5.74) is 2.49. The average Bonchev–Trinajstić information content (AvgIpc) is 2.69. The zero-order chi connectivity index (χ0) is 19.0. The molecule has 3 aromatic carbocycles. The van der Waals surface area contributed by atoms with Crippen LogP contribution in [-0.4, -0.2) is 17.0 Å². The Morgan fingerprint density at radius 2 is 1.52 bits per heavy atom. The minimum absolute atomic E-state index is 0.183. The summed E-state index contributed by atoms with van der Waals surface area (Å²) in [5.74, 6) is -1.98. The minimum Gasteiger partial charge on any atom is -0.481 e. The molecule has 27 heavy (non-hydrogen) atoms. The molecule has 0 fully saturated rings. The first-order chi connectivity index (χ1) is 13.1. The third-order valence-electron chi connectivity index (χ3n) is 4.85. The van der Waals surface area contributed by atoms with Gasteiger partial charge in [-0.15, -0.1) is 0 Å². The number of carboxylic acid groups (broad SMARTS) is 1. The van der Waals surface area contributed by atoms with Crippen molar-refractivity contribution in [2.75, 3.05) is 4.90 Å². The molecule has 134 valence electrons. The fourth-order valence-corrected chi connectivity index (χ4v) is 4.03. The van der Waals surface area contributed by atoms with Crippen molar-refractivity contribution in [2.45, 2.75) is 12.0 Å². The van der Waals surface area contributed by atoms with E-state index < -0.39 is 17.9 Å². The summed E-state index contributed by atoms with van der Waals surface area (Å²) in [7, 11) is 0. The largest absolute Gasteiger partial charge is 0.481 e. The number of rotatable bonds is 3. The minimum atomic E-state index is -0.945. The Hall–Kier alpha value is -2.67. The Bertz CT molecular complexity index is 1000. The number of benzene rings is 3. The van der Waals surface area contributed by atoms with Gasteiger partial charge >= 0.3 is 5.97 Å². The number of para-hydroxylation sites is 1. The number of hydrogen-bond donors (Lipinski definition) is 1. The van der Waals surface area contributed by atoms with E-state index in [1.54, 1.807) is 29.2 Å². The van der Waals surface area contributed by atoms with Gasteiger partial charge in [0.2, 0.25) is 0 Å². The number of carbonyl (C=O) groups excluding carboxylic acids is 1. The van der Waals surface area contributed by atoms with Crippen molar-refractivity contribution in [1.29, 1.82) is 0 Å². The van der Waals surface area contributed by atoms with E-state index in [9.17, 15) is 14.7 Å². The first kappa shape index (κ1) is 17.7. The van der Waals surface area contributed by atoms with Crippen molar-refractivity contribution in [2.24, 2.45) is 0 Å². The molecular formula is C22H16INO3. The van der Waals surface area contributed by atoms with Gasteiger partial charge in [-0.2, -0.15) is 0 Å². The highest BCUT2D eigenvalue weighted by Gasteiger charge is 2.44. The molecule has 0 saturated carbocycles. The summed E-state index contributed by atoms with van der Waals surface area (Å²) in [6.45, 7) is 0. The molecule has 1 amide bonds. The first-order valence-corrected chi connectivity index (χ1v) is 9.61. The summed E-state index contributed by atoms with van der Waals surface area (Å²) < 4.78 is 1.05. The van der Waals surface area contributed by atoms with E-state index in [1.807, 2.05) is 54.6 Å².